The van der Waals surface area contributed by atoms with Crippen molar-refractivity contribution in [2.45, 2.75) is 19.9 Å². The molecule has 0 bridgehead atoms. The van der Waals surface area contributed by atoms with Crippen LogP contribution in [0.15, 0.2) is 65.8 Å². The van der Waals surface area contributed by atoms with Gasteiger partial charge in [-0.25, -0.2) is 0 Å². The molecule has 4 N–H and O–H groups in total. The van der Waals surface area contributed by atoms with Crippen molar-refractivity contribution in [2.24, 2.45) is 4.99 Å². The van der Waals surface area contributed by atoms with E-state index >= 15 is 0 Å². The van der Waals surface area contributed by atoms with E-state index in [0.717, 1.165) is 25.5 Å². The topological polar surface area (TPSA) is 90.7 Å². The van der Waals surface area contributed by atoms with E-state index in [4.69, 9.17) is 0 Å². The Bertz CT molecular complexity index is 985. The number of aromatic nitrogens is 1. The Morgan fingerprint density at radius 1 is 1.00 bits per heavy atom. The molecule has 1 aromatic heterocycles. The SMILES string of the molecule is CCNC(=NCCCn1ccc2ccccc21)NCCNC(=O)c1ccc(O)cc1.I. The lowest BCUT2D eigenvalue weighted by molar-refractivity contribution is 0.0954. The van der Waals surface area contributed by atoms with E-state index in [1.807, 2.05) is 6.92 Å². The number of halogens is 1. The van der Waals surface area contributed by atoms with E-state index in [9.17, 15) is 9.90 Å². The number of aliphatic imine (C=N–C) groups is 1. The number of hydrogen-bond acceptors (Lipinski definition) is 3. The van der Waals surface area contributed by atoms with Crippen LogP contribution in [0.3, 0.4) is 0 Å². The summed E-state index contributed by atoms with van der Waals surface area (Å²) in [7, 11) is 0. The Morgan fingerprint density at radius 3 is 2.52 bits per heavy atom. The van der Waals surface area contributed by atoms with E-state index in [1.54, 1.807) is 12.1 Å². The molecule has 0 spiro atoms. The Morgan fingerprint density at radius 2 is 1.74 bits per heavy atom. The minimum Gasteiger partial charge on any atom is -0.508 e. The third-order valence-corrected chi connectivity index (χ3v) is 4.68. The summed E-state index contributed by atoms with van der Waals surface area (Å²) < 4.78 is 2.25. The van der Waals surface area contributed by atoms with Crippen molar-refractivity contribution in [3.63, 3.8) is 0 Å². The fraction of sp³-hybridized carbons (Fsp3) is 0.304. The van der Waals surface area contributed by atoms with Gasteiger partial charge >= 0.3 is 0 Å². The first-order valence-corrected chi connectivity index (χ1v) is 10.3. The molecule has 3 aromatic rings. The molecule has 0 aliphatic rings. The molecule has 1 heterocycles. The van der Waals surface area contributed by atoms with Crippen LogP contribution in [0.2, 0.25) is 0 Å². The summed E-state index contributed by atoms with van der Waals surface area (Å²) in [5, 5.41) is 19.9. The molecule has 0 fully saturated rings. The number of guanidine groups is 1. The normalized spacial score (nSPS) is 11.1. The average molecular weight is 535 g/mol. The number of carbonyl (C=O) groups excluding carboxylic acids is 1. The Balaban J connectivity index is 0.00000341. The van der Waals surface area contributed by atoms with Gasteiger partial charge in [0, 0.05) is 50.0 Å². The van der Waals surface area contributed by atoms with Crippen LogP contribution in [0, 0.1) is 0 Å². The van der Waals surface area contributed by atoms with Crippen molar-refractivity contribution >= 4 is 46.7 Å². The van der Waals surface area contributed by atoms with Crippen LogP contribution in [0.4, 0.5) is 0 Å². The molecular formula is C23H30IN5O2. The molecule has 0 saturated heterocycles. The maximum atomic E-state index is 12.1. The number of benzene rings is 2. The van der Waals surface area contributed by atoms with Gasteiger partial charge in [0.15, 0.2) is 5.96 Å². The van der Waals surface area contributed by atoms with Crippen molar-refractivity contribution < 1.29 is 9.90 Å². The van der Waals surface area contributed by atoms with Crippen LogP contribution in [0.5, 0.6) is 5.75 Å². The van der Waals surface area contributed by atoms with E-state index in [0.29, 0.717) is 25.2 Å². The number of aromatic hydroxyl groups is 1. The van der Waals surface area contributed by atoms with E-state index < -0.39 is 0 Å². The average Bonchev–Trinajstić information content (AvgIpc) is 3.17. The summed E-state index contributed by atoms with van der Waals surface area (Å²) in [6.45, 7) is 5.46. The van der Waals surface area contributed by atoms with Crippen LogP contribution in [-0.2, 0) is 6.54 Å². The number of nitrogens with one attached hydrogen (secondary N) is 3. The molecule has 7 nitrogen and oxygen atoms in total. The second-order valence-corrected chi connectivity index (χ2v) is 6.91. The van der Waals surface area contributed by atoms with Gasteiger partial charge in [0.25, 0.3) is 5.91 Å². The number of aryl methyl sites for hydroxylation is 1. The second-order valence-electron chi connectivity index (χ2n) is 6.91. The largest absolute Gasteiger partial charge is 0.508 e. The molecule has 0 aliphatic heterocycles. The summed E-state index contributed by atoms with van der Waals surface area (Å²) in [4.78, 5) is 16.7. The van der Waals surface area contributed by atoms with Crippen LogP contribution in [0.1, 0.15) is 23.7 Å². The molecular weight excluding hydrogens is 505 g/mol. The molecule has 8 heteroatoms. The molecule has 166 valence electrons. The molecule has 0 saturated carbocycles. The fourth-order valence-corrected chi connectivity index (χ4v) is 3.18. The van der Waals surface area contributed by atoms with Crippen LogP contribution in [0.25, 0.3) is 10.9 Å². The number of fused-ring (bicyclic) bond motifs is 1. The van der Waals surface area contributed by atoms with E-state index in [2.05, 4.69) is 62.0 Å². The second kappa shape index (κ2) is 12.8. The first kappa shape index (κ1) is 24.5. The fourth-order valence-electron chi connectivity index (χ4n) is 3.18. The van der Waals surface area contributed by atoms with Gasteiger partial charge in [-0.2, -0.15) is 0 Å². The highest BCUT2D eigenvalue weighted by molar-refractivity contribution is 14.0. The minimum atomic E-state index is -0.169. The highest BCUT2D eigenvalue weighted by atomic mass is 127. The number of phenols is 1. The summed E-state index contributed by atoms with van der Waals surface area (Å²) in [5.41, 5.74) is 1.77. The van der Waals surface area contributed by atoms with Crippen LogP contribution in [-0.4, -0.2) is 47.7 Å². The van der Waals surface area contributed by atoms with E-state index in [-0.39, 0.29) is 35.6 Å². The highest BCUT2D eigenvalue weighted by Gasteiger charge is 2.05. The number of para-hydroxylation sites is 1. The van der Waals surface area contributed by atoms with Gasteiger partial charge in [0.2, 0.25) is 0 Å². The maximum absolute atomic E-state index is 12.1. The summed E-state index contributed by atoms with van der Waals surface area (Å²) >= 11 is 0. The molecule has 0 radical (unpaired) electrons. The lowest BCUT2D eigenvalue weighted by Crippen LogP contribution is -2.41. The van der Waals surface area contributed by atoms with Crippen molar-refractivity contribution in [1.82, 2.24) is 20.5 Å². The Kier molecular flexibility index (Phi) is 10.2. The van der Waals surface area contributed by atoms with Gasteiger partial charge in [-0.05, 0) is 55.1 Å². The molecule has 0 aliphatic carbocycles. The summed E-state index contributed by atoms with van der Waals surface area (Å²) in [6.07, 6.45) is 3.06. The third-order valence-electron chi connectivity index (χ3n) is 4.68. The van der Waals surface area contributed by atoms with Gasteiger partial charge in [0.1, 0.15) is 5.75 Å². The number of hydrogen-bond donors (Lipinski definition) is 4. The number of phenolic OH excluding ortho intramolecular Hbond substituents is 1. The molecule has 31 heavy (non-hydrogen) atoms. The predicted octanol–water partition coefficient (Wildman–Crippen LogP) is 3.34. The Hall–Kier alpha value is -2.75. The van der Waals surface area contributed by atoms with Gasteiger partial charge < -0.3 is 25.6 Å². The lowest BCUT2D eigenvalue weighted by atomic mass is 10.2. The summed E-state index contributed by atoms with van der Waals surface area (Å²) in [6, 6.07) is 16.7. The molecule has 3 rings (SSSR count). The summed E-state index contributed by atoms with van der Waals surface area (Å²) in [5.74, 6) is 0.719. The van der Waals surface area contributed by atoms with Crippen LogP contribution >= 0.6 is 24.0 Å². The molecule has 1 amide bonds. The van der Waals surface area contributed by atoms with Gasteiger partial charge in [-0.1, -0.05) is 18.2 Å². The first-order chi connectivity index (χ1) is 14.7. The van der Waals surface area contributed by atoms with E-state index in [1.165, 1.54) is 23.0 Å². The molecule has 0 atom stereocenters. The van der Waals surface area contributed by atoms with Gasteiger partial charge in [0.05, 0.1) is 0 Å². The van der Waals surface area contributed by atoms with Crippen molar-refractivity contribution in [1.29, 1.82) is 0 Å². The van der Waals surface area contributed by atoms with Gasteiger partial charge in [-0.3, -0.25) is 9.79 Å². The zero-order chi connectivity index (χ0) is 21.2. The minimum absolute atomic E-state index is 0. The number of rotatable bonds is 9. The lowest BCUT2D eigenvalue weighted by Gasteiger charge is -2.12. The smallest absolute Gasteiger partial charge is 0.251 e. The monoisotopic (exact) mass is 535 g/mol. The first-order valence-electron chi connectivity index (χ1n) is 10.3. The zero-order valence-electron chi connectivity index (χ0n) is 17.7. The van der Waals surface area contributed by atoms with Gasteiger partial charge in [-0.15, -0.1) is 24.0 Å². The molecule has 2 aromatic carbocycles. The molecule has 0 unspecified atom stereocenters. The standard InChI is InChI=1S/C23H29N5O2.HI/c1-2-24-23(27-15-14-25-22(30)19-8-10-20(29)11-9-19)26-13-5-16-28-17-12-18-6-3-4-7-21(18)28;/h3-4,6-12,17,29H,2,5,13-16H2,1H3,(H,25,30)(H2,24,26,27);1H. The highest BCUT2D eigenvalue weighted by Crippen LogP contribution is 2.15. The van der Waals surface area contributed by atoms with Crippen molar-refractivity contribution in [2.75, 3.05) is 26.2 Å². The maximum Gasteiger partial charge on any atom is 0.251 e. The zero-order valence-corrected chi connectivity index (χ0v) is 20.0. The predicted molar refractivity (Wildman–Crippen MR) is 136 cm³/mol. The van der Waals surface area contributed by atoms with Crippen LogP contribution < -0.4 is 16.0 Å². The quantitative estimate of drug-likeness (QED) is 0.147. The number of carbonyl (C=O) groups is 1. The third kappa shape index (κ3) is 7.46. The van der Waals surface area contributed by atoms with Crippen molar-refractivity contribution in [3.8, 4) is 5.75 Å². The number of amides is 1. The number of nitrogens with zero attached hydrogens (tertiary/aromatic N) is 2. The van der Waals surface area contributed by atoms with Crippen molar-refractivity contribution in [3.05, 3.63) is 66.4 Å². The Labute approximate surface area is 200 Å².